The molecule has 0 N–H and O–H groups in total. The van der Waals surface area contributed by atoms with Crippen LogP contribution < -0.4 is 0 Å². The summed E-state index contributed by atoms with van der Waals surface area (Å²) < 4.78 is 44.7. The van der Waals surface area contributed by atoms with Gasteiger partial charge in [0.2, 0.25) is 0 Å². The number of pyridine rings is 2. The first kappa shape index (κ1) is 36.8. The van der Waals surface area contributed by atoms with Crippen LogP contribution in [0.25, 0.3) is 72.2 Å². The molecule has 0 atom stereocenters. The Bertz CT molecular complexity index is 3020. The fourth-order valence-electron chi connectivity index (χ4n) is 7.62. The molecule has 0 saturated carbocycles. The van der Waals surface area contributed by atoms with E-state index in [1.54, 1.807) is 12.3 Å². The van der Waals surface area contributed by atoms with Gasteiger partial charge in [0.05, 0.1) is 16.9 Å². The predicted molar refractivity (Wildman–Crippen MR) is 233 cm³/mol. The smallest absolute Gasteiger partial charge is 0.169 e. The van der Waals surface area contributed by atoms with E-state index in [-0.39, 0.29) is 36.6 Å². The molecule has 4 aromatic heterocycles. The Labute approximate surface area is 358 Å². The number of furan rings is 1. The van der Waals surface area contributed by atoms with Gasteiger partial charge in [-0.3, -0.25) is 9.37 Å². The molecule has 0 aliphatic carbocycles. The van der Waals surface area contributed by atoms with Crippen LogP contribution in [0.5, 0.6) is 0 Å². The van der Waals surface area contributed by atoms with Crippen LogP contribution in [0.1, 0.15) is 92.4 Å². The molecule has 1 radical (unpaired) electrons. The van der Waals surface area contributed by atoms with Crippen LogP contribution in [0.15, 0.2) is 114 Å². The van der Waals surface area contributed by atoms with E-state index >= 15 is 0 Å². The number of fused-ring (bicyclic) bond motifs is 6. The number of benzene rings is 5. The van der Waals surface area contributed by atoms with Gasteiger partial charge in [-0.15, -0.1) is 42.0 Å². The van der Waals surface area contributed by atoms with Crippen molar-refractivity contribution in [3.63, 3.8) is 0 Å². The van der Waals surface area contributed by atoms with Gasteiger partial charge in [-0.05, 0) is 52.6 Å². The van der Waals surface area contributed by atoms with Gasteiger partial charge in [-0.1, -0.05) is 145 Å². The molecule has 5 aromatic carbocycles. The standard InChI is InChI=1S/C35H30N3O.C16H17FN.Ir/c1-20(2)23-15-10-16-24(21(3)4)31(23)38-32-27-14-7-6-12-25(27)22(5)36-34(32)37-35(38)29-18-11-17-28-26-13-8-9-19-30(26)39-33(28)29;1-11-5-7-13(14(17)9-11)15-8-6-12(10-18-15)16(2,3)4;/h6-17,19-21H,1-5H3;5-6,8-10H,1-4H3;/q2*-1;/i;1D3;. The minimum atomic E-state index is -2.33. The maximum Gasteiger partial charge on any atom is 0.169 e. The second-order valence-corrected chi connectivity index (χ2v) is 16.3. The topological polar surface area (TPSA) is 56.7 Å². The Morgan fingerprint density at radius 3 is 2.10 bits per heavy atom. The largest absolute Gasteiger partial charge is 0.501 e. The van der Waals surface area contributed by atoms with Crippen molar-refractivity contribution in [3.8, 4) is 28.3 Å². The molecule has 0 amide bonds. The third-order valence-electron chi connectivity index (χ3n) is 10.6. The average Bonchev–Trinajstić information content (AvgIpc) is 3.79. The van der Waals surface area contributed by atoms with Gasteiger partial charge < -0.3 is 14.0 Å². The Balaban J connectivity index is 0.000000217. The number of halogens is 1. The van der Waals surface area contributed by atoms with Crippen LogP contribution in [0.3, 0.4) is 0 Å². The predicted octanol–water partition coefficient (Wildman–Crippen LogP) is 13.8. The van der Waals surface area contributed by atoms with Gasteiger partial charge in [0.25, 0.3) is 0 Å². The van der Waals surface area contributed by atoms with Crippen molar-refractivity contribution >= 4 is 43.9 Å². The van der Waals surface area contributed by atoms with E-state index in [0.29, 0.717) is 17.5 Å². The van der Waals surface area contributed by atoms with Crippen molar-refractivity contribution in [1.82, 2.24) is 19.5 Å². The maximum atomic E-state index is 14.1. The van der Waals surface area contributed by atoms with Crippen molar-refractivity contribution in [3.05, 3.63) is 155 Å². The van der Waals surface area contributed by atoms with Crippen LogP contribution in [-0.4, -0.2) is 19.5 Å². The van der Waals surface area contributed by atoms with Gasteiger partial charge >= 0.3 is 0 Å². The molecule has 9 aromatic rings. The Morgan fingerprint density at radius 2 is 1.47 bits per heavy atom. The first-order valence-corrected chi connectivity index (χ1v) is 19.4. The maximum absolute atomic E-state index is 14.1. The number of aromatic nitrogens is 4. The minimum absolute atomic E-state index is 0. The van der Waals surface area contributed by atoms with E-state index in [0.717, 1.165) is 72.6 Å². The quantitative estimate of drug-likeness (QED) is 0.161. The molecule has 0 unspecified atom stereocenters. The summed E-state index contributed by atoms with van der Waals surface area (Å²) in [4.78, 5) is 14.5. The van der Waals surface area contributed by atoms with Crippen molar-refractivity contribution in [1.29, 1.82) is 0 Å². The first-order valence-electron chi connectivity index (χ1n) is 20.9. The van der Waals surface area contributed by atoms with Crippen molar-refractivity contribution in [2.45, 2.75) is 79.5 Å². The van der Waals surface area contributed by atoms with Crippen LogP contribution in [0, 0.1) is 31.7 Å². The summed E-state index contributed by atoms with van der Waals surface area (Å²) >= 11 is 0. The molecule has 4 heterocycles. The third-order valence-corrected chi connectivity index (χ3v) is 10.6. The molecule has 295 valence electrons. The number of hydrogen-bond acceptors (Lipinski definition) is 4. The normalized spacial score (nSPS) is 12.8. The molecule has 0 aliphatic rings. The fraction of sp³-hybridized carbons (Fsp3) is 0.235. The number of rotatable bonds is 5. The van der Waals surface area contributed by atoms with Crippen LogP contribution in [0.4, 0.5) is 4.39 Å². The summed E-state index contributed by atoms with van der Waals surface area (Å²) in [5, 5.41) is 4.43. The van der Waals surface area contributed by atoms with Gasteiger partial charge in [-0.2, -0.15) is 0 Å². The SMILES string of the molecule is Cc1nc2nc(-c3[c-]ccc4c3oc3ccccc34)n(-c3c(C(C)C)cccc3C(C)C)c2c2ccccc12.[2H]C([2H])([2H])c1c[c-]c(-c2ccc(C(C)(C)C)cn2)c(F)c1.[Ir]. The first-order chi connectivity index (χ1) is 28.5. The second kappa shape index (κ2) is 16.0. The van der Waals surface area contributed by atoms with E-state index in [2.05, 4.69) is 138 Å². The molecule has 0 saturated heterocycles. The van der Waals surface area contributed by atoms with Gasteiger partial charge in [-0.25, -0.2) is 4.98 Å². The van der Waals surface area contributed by atoms with Gasteiger partial charge in [0.1, 0.15) is 5.58 Å². The van der Waals surface area contributed by atoms with E-state index in [1.165, 1.54) is 22.9 Å². The molecule has 0 fully saturated rings. The number of hydrogen-bond donors (Lipinski definition) is 0. The average molecular weight is 946 g/mol. The van der Waals surface area contributed by atoms with Crippen molar-refractivity contribution in [2.75, 3.05) is 0 Å². The summed E-state index contributed by atoms with van der Waals surface area (Å²) in [5.41, 5.74) is 10.5. The van der Waals surface area contributed by atoms with Crippen LogP contribution in [0.2, 0.25) is 0 Å². The number of imidazole rings is 1. The Hall–Kier alpha value is -5.49. The van der Waals surface area contributed by atoms with Crippen LogP contribution >= 0.6 is 0 Å². The zero-order valence-corrected chi connectivity index (χ0v) is 36.4. The van der Waals surface area contributed by atoms with Crippen molar-refractivity contribution in [2.24, 2.45) is 0 Å². The van der Waals surface area contributed by atoms with Crippen LogP contribution in [-0.2, 0) is 25.5 Å². The molecule has 0 bridgehead atoms. The monoisotopic (exact) mass is 946 g/mol. The Morgan fingerprint density at radius 1 is 0.776 bits per heavy atom. The number of para-hydroxylation sites is 2. The number of aryl methyl sites for hydroxylation is 2. The van der Waals surface area contributed by atoms with E-state index in [9.17, 15) is 4.39 Å². The molecule has 58 heavy (non-hydrogen) atoms. The summed E-state index contributed by atoms with van der Waals surface area (Å²) in [6.07, 6.45) is 1.71. The van der Waals surface area contributed by atoms with Gasteiger partial charge in [0, 0.05) is 63.8 Å². The molecule has 9 rings (SSSR count). The summed E-state index contributed by atoms with van der Waals surface area (Å²) in [7, 11) is 0. The molecule has 0 spiro atoms. The number of nitrogens with zero attached hydrogens (tertiary/aromatic N) is 4. The zero-order chi connectivity index (χ0) is 42.7. The van der Waals surface area contributed by atoms with E-state index in [1.807, 2.05) is 24.3 Å². The third kappa shape index (κ3) is 7.38. The zero-order valence-electron chi connectivity index (χ0n) is 37.0. The molecular formula is C51H47FIrN4O-2. The van der Waals surface area contributed by atoms with Gasteiger partial charge in [0.15, 0.2) is 5.65 Å². The molecule has 7 heteroatoms. The summed E-state index contributed by atoms with van der Waals surface area (Å²) in [6, 6.07) is 39.6. The fourth-order valence-corrected chi connectivity index (χ4v) is 7.62. The molecule has 0 aliphatic heterocycles. The van der Waals surface area contributed by atoms with Crippen molar-refractivity contribution < 1.29 is 33.0 Å². The van der Waals surface area contributed by atoms with E-state index < -0.39 is 12.7 Å². The second-order valence-electron chi connectivity index (χ2n) is 16.3. The molecular weight excluding hydrogens is 896 g/mol. The molecule has 5 nitrogen and oxygen atoms in total. The minimum Gasteiger partial charge on any atom is -0.501 e. The van der Waals surface area contributed by atoms with E-state index in [4.69, 9.17) is 18.5 Å². The summed E-state index contributed by atoms with van der Waals surface area (Å²) in [5.74, 6) is 0.812. The summed E-state index contributed by atoms with van der Waals surface area (Å²) in [6.45, 7) is 15.0. The Kier molecular flexibility index (Phi) is 10.2.